The van der Waals surface area contributed by atoms with E-state index in [-0.39, 0.29) is 22.5 Å². The minimum Gasteiger partial charge on any atom is -0.383 e. The fourth-order valence-corrected chi connectivity index (χ4v) is 2.78. The van der Waals surface area contributed by atoms with E-state index in [0.29, 0.717) is 11.2 Å². The molecule has 0 saturated heterocycles. The van der Waals surface area contributed by atoms with E-state index in [1.165, 1.54) is 5.56 Å². The van der Waals surface area contributed by atoms with E-state index < -0.39 is 0 Å². The van der Waals surface area contributed by atoms with Gasteiger partial charge in [0.25, 0.3) is 0 Å². The van der Waals surface area contributed by atoms with Gasteiger partial charge in [-0.15, -0.1) is 17.3 Å². The van der Waals surface area contributed by atoms with Crippen LogP contribution in [0.1, 0.15) is 31.6 Å². The van der Waals surface area contributed by atoms with Crippen LogP contribution in [0, 0.1) is 5.92 Å². The van der Waals surface area contributed by atoms with Crippen molar-refractivity contribution in [2.75, 3.05) is 0 Å². The van der Waals surface area contributed by atoms with Crippen LogP contribution in [0.25, 0.3) is 0 Å². The Labute approximate surface area is 131 Å². The van der Waals surface area contributed by atoms with Gasteiger partial charge in [0.1, 0.15) is 0 Å². The predicted octanol–water partition coefficient (Wildman–Crippen LogP) is 4.58. The SMILES string of the molecule is CC(O)SC([c-]1cccc1)C(C)C.[Fe+2].c1cc[cH-]c1. The van der Waals surface area contributed by atoms with Crippen LogP contribution in [0.15, 0.2) is 54.6 Å². The molecule has 19 heavy (non-hydrogen) atoms. The number of rotatable bonds is 4. The van der Waals surface area contributed by atoms with Crippen molar-refractivity contribution in [2.24, 2.45) is 5.92 Å². The van der Waals surface area contributed by atoms with Crippen molar-refractivity contribution in [3.05, 3.63) is 60.2 Å². The maximum atomic E-state index is 9.33. The standard InChI is InChI=1S/C11H17OS.C5H5.Fe/c1-8(2)11(13-9(3)12)10-6-4-5-7-10;1-2-4-5-3-1;/h4-9,11-12H,1-3H3;1-5H;/q2*-1;+2. The molecule has 0 bridgehead atoms. The summed E-state index contributed by atoms with van der Waals surface area (Å²) >= 11 is 1.62. The van der Waals surface area contributed by atoms with Crippen molar-refractivity contribution >= 4 is 11.8 Å². The average molecular weight is 318 g/mol. The van der Waals surface area contributed by atoms with Gasteiger partial charge in [-0.25, -0.2) is 24.3 Å². The summed E-state index contributed by atoms with van der Waals surface area (Å²) in [6.07, 6.45) is 0. The Balaban J connectivity index is 0.000000454. The Morgan fingerprint density at radius 2 is 1.53 bits per heavy atom. The van der Waals surface area contributed by atoms with Gasteiger partial charge < -0.3 is 5.11 Å². The number of aliphatic hydroxyl groups excluding tert-OH is 1. The van der Waals surface area contributed by atoms with Crippen LogP contribution in [0.5, 0.6) is 0 Å². The molecule has 106 valence electrons. The normalized spacial score (nSPS) is 13.1. The molecule has 0 aromatic heterocycles. The topological polar surface area (TPSA) is 20.2 Å². The summed E-state index contributed by atoms with van der Waals surface area (Å²) in [5.41, 5.74) is 1.03. The molecule has 1 nitrogen and oxygen atoms in total. The third-order valence-electron chi connectivity index (χ3n) is 2.52. The molecule has 0 amide bonds. The maximum absolute atomic E-state index is 9.33. The molecule has 1 N–H and O–H groups in total. The first kappa shape index (κ1) is 18.5. The van der Waals surface area contributed by atoms with Gasteiger partial charge in [-0.2, -0.15) is 30.3 Å². The Morgan fingerprint density at radius 3 is 1.84 bits per heavy atom. The molecule has 0 aliphatic rings. The second-order valence-corrected chi connectivity index (χ2v) is 6.04. The number of hydrogen-bond donors (Lipinski definition) is 1. The fraction of sp³-hybridized carbons (Fsp3) is 0.375. The van der Waals surface area contributed by atoms with Crippen LogP contribution in [0.2, 0.25) is 0 Å². The van der Waals surface area contributed by atoms with Crippen LogP contribution in [-0.2, 0) is 17.1 Å². The largest absolute Gasteiger partial charge is 2.00 e. The summed E-state index contributed by atoms with van der Waals surface area (Å²) in [4.78, 5) is 0. The molecular formula is C16H22FeOS. The summed E-state index contributed by atoms with van der Waals surface area (Å²) in [5, 5.41) is 9.75. The third-order valence-corrected chi connectivity index (χ3v) is 4.03. The first-order valence-corrected chi connectivity index (χ1v) is 7.27. The quantitative estimate of drug-likeness (QED) is 0.506. The van der Waals surface area contributed by atoms with E-state index in [2.05, 4.69) is 26.0 Å². The zero-order chi connectivity index (χ0) is 13.4. The summed E-state index contributed by atoms with van der Waals surface area (Å²) in [6.45, 7) is 6.20. The maximum Gasteiger partial charge on any atom is 2.00 e. The minimum atomic E-state index is -0.290. The summed E-state index contributed by atoms with van der Waals surface area (Å²) in [7, 11) is 0. The summed E-state index contributed by atoms with van der Waals surface area (Å²) in [6, 6.07) is 18.3. The molecule has 0 heterocycles. The molecule has 2 atom stereocenters. The van der Waals surface area contributed by atoms with E-state index >= 15 is 0 Å². The smallest absolute Gasteiger partial charge is 0.383 e. The summed E-state index contributed by atoms with van der Waals surface area (Å²) < 4.78 is 0. The van der Waals surface area contributed by atoms with Crippen molar-refractivity contribution in [2.45, 2.75) is 31.5 Å². The van der Waals surface area contributed by atoms with Crippen molar-refractivity contribution in [1.29, 1.82) is 0 Å². The fourth-order valence-electron chi connectivity index (χ4n) is 1.73. The third kappa shape index (κ3) is 7.64. The molecule has 0 radical (unpaired) electrons. The monoisotopic (exact) mass is 318 g/mol. The summed E-state index contributed by atoms with van der Waals surface area (Å²) in [5.74, 6) is 0.557. The van der Waals surface area contributed by atoms with E-state index in [4.69, 9.17) is 0 Å². The van der Waals surface area contributed by atoms with Gasteiger partial charge in [0.15, 0.2) is 0 Å². The van der Waals surface area contributed by atoms with Gasteiger partial charge in [0.05, 0.1) is 5.44 Å². The number of hydrogen-bond acceptors (Lipinski definition) is 2. The second kappa shape index (κ2) is 10.3. The molecule has 0 aliphatic heterocycles. The van der Waals surface area contributed by atoms with Gasteiger partial charge in [-0.1, -0.05) is 13.8 Å². The van der Waals surface area contributed by atoms with E-state index in [1.54, 1.807) is 11.8 Å². The van der Waals surface area contributed by atoms with E-state index in [1.807, 2.05) is 49.4 Å². The predicted molar refractivity (Wildman–Crippen MR) is 80.9 cm³/mol. The van der Waals surface area contributed by atoms with Crippen LogP contribution in [-0.4, -0.2) is 10.5 Å². The zero-order valence-electron chi connectivity index (χ0n) is 11.6. The van der Waals surface area contributed by atoms with Crippen molar-refractivity contribution in [3.8, 4) is 0 Å². The molecule has 2 rings (SSSR count). The van der Waals surface area contributed by atoms with Gasteiger partial charge in [0, 0.05) is 0 Å². The van der Waals surface area contributed by atoms with Crippen molar-refractivity contribution < 1.29 is 22.2 Å². The van der Waals surface area contributed by atoms with Crippen LogP contribution >= 0.6 is 11.8 Å². The average Bonchev–Trinajstić information content (AvgIpc) is 3.00. The van der Waals surface area contributed by atoms with E-state index in [0.717, 1.165) is 0 Å². The van der Waals surface area contributed by atoms with Crippen molar-refractivity contribution in [1.82, 2.24) is 0 Å². The molecule has 0 spiro atoms. The second-order valence-electron chi connectivity index (χ2n) is 4.58. The molecule has 0 fully saturated rings. The van der Waals surface area contributed by atoms with Gasteiger partial charge in [-0.05, 0) is 18.1 Å². The van der Waals surface area contributed by atoms with Gasteiger partial charge in [0.2, 0.25) is 0 Å². The Bertz CT molecular complexity index is 362. The number of aliphatic hydroxyl groups is 1. The molecule has 2 aromatic carbocycles. The first-order valence-electron chi connectivity index (χ1n) is 6.33. The van der Waals surface area contributed by atoms with Crippen LogP contribution in [0.3, 0.4) is 0 Å². The molecule has 3 heteroatoms. The Hall–Kier alpha value is -0.471. The van der Waals surface area contributed by atoms with Crippen LogP contribution < -0.4 is 0 Å². The molecule has 0 saturated carbocycles. The van der Waals surface area contributed by atoms with E-state index in [9.17, 15) is 5.11 Å². The zero-order valence-corrected chi connectivity index (χ0v) is 13.6. The Kier molecular flexibility index (Phi) is 10.1. The van der Waals surface area contributed by atoms with Gasteiger partial charge >= 0.3 is 17.1 Å². The molecular weight excluding hydrogens is 296 g/mol. The minimum absolute atomic E-state index is 0. The Morgan fingerprint density at radius 1 is 1.00 bits per heavy atom. The number of thioether (sulfide) groups is 1. The molecule has 2 aromatic rings. The molecule has 2 unspecified atom stereocenters. The first-order chi connectivity index (χ1) is 8.61. The van der Waals surface area contributed by atoms with Gasteiger partial charge in [-0.3, -0.25) is 0 Å². The molecule has 0 aliphatic carbocycles. The van der Waals surface area contributed by atoms with Crippen molar-refractivity contribution in [3.63, 3.8) is 0 Å². The van der Waals surface area contributed by atoms with Crippen LogP contribution in [0.4, 0.5) is 0 Å².